The van der Waals surface area contributed by atoms with Crippen molar-refractivity contribution in [1.29, 1.82) is 0 Å². The minimum Gasteiger partial charge on any atom is -0.480 e. The number of carbonyl (C=O) groups excluding carboxylic acids is 5. The van der Waals surface area contributed by atoms with E-state index in [1.54, 1.807) is 13.8 Å². The Morgan fingerprint density at radius 2 is 1.10 bits per heavy atom. The number of aromatic amines is 1. The molecule has 0 fully saturated rings. The molecule has 0 spiro atoms. The first-order valence-corrected chi connectivity index (χ1v) is 17.6. The van der Waals surface area contributed by atoms with Crippen molar-refractivity contribution >= 4 is 35.5 Å². The van der Waals surface area contributed by atoms with Crippen molar-refractivity contribution in [2.45, 2.75) is 110 Å². The smallest absolute Gasteiger partial charge is 0.326 e. The summed E-state index contributed by atoms with van der Waals surface area (Å²) in [5.74, 6) is -5.00. The lowest BCUT2D eigenvalue weighted by atomic mass is 9.99. The Morgan fingerprint density at radius 3 is 1.58 bits per heavy atom. The standard InChI is InChI=1S/C36H56N8O8/c1-20(2)12-26(40-31(46)25(37)15-23-10-8-7-9-11-23)32(47)41-27(13-21(3)4)33(48)42-28(16-24-17-38-19-39-24)34(49)44-30(18-45)35(50)43-29(36(51)52)14-22(5)6/h7-11,17,19-22,25-30,45H,12-16,18,37H2,1-6H3,(H,38,39)(H,40,46)(H,41,47)(H,42,48)(H,43,50)(H,44,49)(H,51,52)/t25-,26-,27-,28-,29-,30-/m0/s1. The van der Waals surface area contributed by atoms with Crippen LogP contribution in [0.2, 0.25) is 0 Å². The summed E-state index contributed by atoms with van der Waals surface area (Å²) in [4.78, 5) is 85.6. The fourth-order valence-electron chi connectivity index (χ4n) is 5.45. The van der Waals surface area contributed by atoms with Crippen LogP contribution in [0.3, 0.4) is 0 Å². The predicted molar refractivity (Wildman–Crippen MR) is 193 cm³/mol. The quantitative estimate of drug-likeness (QED) is 0.0794. The molecule has 52 heavy (non-hydrogen) atoms. The number of hydrogen-bond acceptors (Lipinski definition) is 9. The van der Waals surface area contributed by atoms with E-state index >= 15 is 0 Å². The number of imidazole rings is 1. The number of benzene rings is 1. The molecule has 0 aliphatic rings. The van der Waals surface area contributed by atoms with Crippen molar-refractivity contribution in [3.05, 3.63) is 54.1 Å². The highest BCUT2D eigenvalue weighted by atomic mass is 16.4. The lowest BCUT2D eigenvalue weighted by Crippen LogP contribution is -2.60. The molecule has 16 nitrogen and oxygen atoms in total. The number of hydrogen-bond donors (Lipinski definition) is 9. The minimum atomic E-state index is -1.53. The van der Waals surface area contributed by atoms with Gasteiger partial charge in [0, 0.05) is 18.3 Å². The third kappa shape index (κ3) is 15.2. The van der Waals surface area contributed by atoms with Crippen LogP contribution < -0.4 is 32.3 Å². The van der Waals surface area contributed by atoms with E-state index in [4.69, 9.17) is 5.73 Å². The maximum Gasteiger partial charge on any atom is 0.326 e. The van der Waals surface area contributed by atoms with Crippen LogP contribution in [-0.4, -0.2) is 98.5 Å². The third-order valence-electron chi connectivity index (χ3n) is 8.06. The number of aromatic nitrogens is 2. The van der Waals surface area contributed by atoms with Gasteiger partial charge >= 0.3 is 5.97 Å². The normalized spacial score (nSPS) is 14.8. The molecule has 0 radical (unpaired) electrons. The van der Waals surface area contributed by atoms with Gasteiger partial charge in [0.1, 0.15) is 30.2 Å². The molecule has 0 aliphatic carbocycles. The fraction of sp³-hybridized carbons (Fsp3) is 0.583. The van der Waals surface area contributed by atoms with Gasteiger partial charge in [-0.15, -0.1) is 0 Å². The van der Waals surface area contributed by atoms with Gasteiger partial charge in [0.05, 0.1) is 19.0 Å². The molecule has 5 amide bonds. The fourth-order valence-corrected chi connectivity index (χ4v) is 5.45. The number of aliphatic hydroxyl groups excluding tert-OH is 1. The van der Waals surface area contributed by atoms with Gasteiger partial charge in [-0.2, -0.15) is 0 Å². The highest BCUT2D eigenvalue weighted by Crippen LogP contribution is 2.11. The number of carbonyl (C=O) groups is 6. The van der Waals surface area contributed by atoms with Gasteiger partial charge in [0.2, 0.25) is 29.5 Å². The Bertz CT molecular complexity index is 1450. The Hall–Kier alpha value is -4.83. The number of rotatable bonds is 22. The molecular formula is C36H56N8O8. The molecular weight excluding hydrogens is 672 g/mol. The van der Waals surface area contributed by atoms with Gasteiger partial charge in [0.25, 0.3) is 0 Å². The van der Waals surface area contributed by atoms with Gasteiger partial charge in [-0.1, -0.05) is 71.9 Å². The Labute approximate surface area is 304 Å². The minimum absolute atomic E-state index is 0.00548. The van der Waals surface area contributed by atoms with Crippen LogP contribution in [0.15, 0.2) is 42.9 Å². The molecule has 10 N–H and O–H groups in total. The Balaban J connectivity index is 2.25. The monoisotopic (exact) mass is 728 g/mol. The number of amides is 5. The molecule has 1 heterocycles. The first-order valence-electron chi connectivity index (χ1n) is 17.6. The highest BCUT2D eigenvalue weighted by Gasteiger charge is 2.33. The average molecular weight is 729 g/mol. The van der Waals surface area contributed by atoms with Crippen LogP contribution in [0.5, 0.6) is 0 Å². The average Bonchev–Trinajstić information content (AvgIpc) is 3.58. The zero-order valence-corrected chi connectivity index (χ0v) is 30.8. The molecule has 0 saturated heterocycles. The first kappa shape index (κ1) is 43.3. The summed E-state index contributed by atoms with van der Waals surface area (Å²) in [6.45, 7) is 10.2. The van der Waals surface area contributed by atoms with Crippen LogP contribution in [0.25, 0.3) is 0 Å². The number of nitrogens with two attached hydrogens (primary N) is 1. The summed E-state index contributed by atoms with van der Waals surface area (Å²) in [6, 6.07) is 2.09. The van der Waals surface area contributed by atoms with E-state index in [-0.39, 0.29) is 49.9 Å². The molecule has 1 aromatic heterocycles. The summed E-state index contributed by atoms with van der Waals surface area (Å²) >= 11 is 0. The van der Waals surface area contributed by atoms with E-state index in [0.29, 0.717) is 5.69 Å². The summed E-state index contributed by atoms with van der Waals surface area (Å²) in [5.41, 5.74) is 7.50. The van der Waals surface area contributed by atoms with Crippen molar-refractivity contribution in [3.8, 4) is 0 Å². The molecule has 1 aromatic carbocycles. The number of H-pyrrole nitrogens is 1. The Kier molecular flexibility index (Phi) is 17.9. The summed E-state index contributed by atoms with van der Waals surface area (Å²) in [6.07, 6.45) is 3.56. The lowest BCUT2D eigenvalue weighted by molar-refractivity contribution is -0.143. The predicted octanol–water partition coefficient (Wildman–Crippen LogP) is 0.161. The van der Waals surface area contributed by atoms with Crippen molar-refractivity contribution in [2.75, 3.05) is 6.61 Å². The zero-order valence-electron chi connectivity index (χ0n) is 30.8. The third-order valence-corrected chi connectivity index (χ3v) is 8.06. The molecule has 0 bridgehead atoms. The van der Waals surface area contributed by atoms with Crippen LogP contribution in [-0.2, 0) is 41.6 Å². The molecule has 0 aliphatic heterocycles. The topological polar surface area (TPSA) is 258 Å². The number of carboxylic acids is 1. The molecule has 288 valence electrons. The maximum absolute atomic E-state index is 13.8. The number of aliphatic hydroxyl groups is 1. The van der Waals surface area contributed by atoms with E-state index in [0.717, 1.165) is 5.56 Å². The number of nitrogens with one attached hydrogen (secondary N) is 6. The molecule has 0 unspecified atom stereocenters. The van der Waals surface area contributed by atoms with Crippen LogP contribution in [0, 0.1) is 17.8 Å². The number of carboxylic acid groups (broad SMARTS) is 1. The highest BCUT2D eigenvalue weighted by molar-refractivity contribution is 5.96. The Morgan fingerprint density at radius 1 is 0.654 bits per heavy atom. The van der Waals surface area contributed by atoms with Crippen LogP contribution in [0.1, 0.15) is 72.1 Å². The molecule has 2 rings (SSSR count). The number of aliphatic carboxylic acids is 1. The van der Waals surface area contributed by atoms with Crippen molar-refractivity contribution < 1.29 is 39.0 Å². The van der Waals surface area contributed by atoms with Gasteiger partial charge in [0.15, 0.2) is 0 Å². The maximum atomic E-state index is 13.8. The molecule has 2 aromatic rings. The first-order chi connectivity index (χ1) is 24.5. The second-order valence-corrected chi connectivity index (χ2v) is 14.3. The summed E-state index contributed by atoms with van der Waals surface area (Å²) in [5, 5.41) is 32.4. The van der Waals surface area contributed by atoms with Crippen molar-refractivity contribution in [1.82, 2.24) is 36.6 Å². The van der Waals surface area contributed by atoms with Crippen molar-refractivity contribution in [2.24, 2.45) is 23.5 Å². The summed E-state index contributed by atoms with van der Waals surface area (Å²) < 4.78 is 0. The van der Waals surface area contributed by atoms with Gasteiger partial charge < -0.3 is 47.5 Å². The molecule has 0 saturated carbocycles. The molecule has 16 heteroatoms. The van der Waals surface area contributed by atoms with E-state index in [9.17, 15) is 39.0 Å². The second-order valence-electron chi connectivity index (χ2n) is 14.3. The van der Waals surface area contributed by atoms with E-state index in [1.165, 1.54) is 12.5 Å². The molecule has 6 atom stereocenters. The van der Waals surface area contributed by atoms with Crippen LogP contribution in [0.4, 0.5) is 0 Å². The van der Waals surface area contributed by atoms with E-state index in [2.05, 4.69) is 36.6 Å². The summed E-state index contributed by atoms with van der Waals surface area (Å²) in [7, 11) is 0. The largest absolute Gasteiger partial charge is 0.480 e. The van der Waals surface area contributed by atoms with Gasteiger partial charge in [-0.3, -0.25) is 24.0 Å². The van der Waals surface area contributed by atoms with E-state index in [1.807, 2.05) is 58.0 Å². The van der Waals surface area contributed by atoms with Gasteiger partial charge in [-0.25, -0.2) is 9.78 Å². The van der Waals surface area contributed by atoms with E-state index < -0.39 is 78.4 Å². The SMILES string of the molecule is CC(C)C[C@H](NC(=O)[C@H](CO)NC(=O)[C@H](Cc1cnc[nH]1)NC(=O)[C@H](CC(C)C)NC(=O)[C@H](CC(C)C)NC(=O)[C@@H](N)Cc1ccccc1)C(=O)O. The van der Waals surface area contributed by atoms with Crippen molar-refractivity contribution in [3.63, 3.8) is 0 Å². The van der Waals surface area contributed by atoms with Crippen LogP contribution >= 0.6 is 0 Å². The van der Waals surface area contributed by atoms with Gasteiger partial charge in [-0.05, 0) is 49.0 Å². The zero-order chi connectivity index (χ0) is 39.0. The lowest BCUT2D eigenvalue weighted by Gasteiger charge is -2.28. The number of nitrogens with zero attached hydrogens (tertiary/aromatic N) is 1. The second kappa shape index (κ2) is 21.5.